The number of Topliss-reactive ketones (excluding diaryl/α,β-unsaturated/α-hetero) is 1. The van der Waals surface area contributed by atoms with Gasteiger partial charge in [-0.25, -0.2) is 0 Å². The van der Waals surface area contributed by atoms with Gasteiger partial charge in [0.25, 0.3) is 0 Å². The third-order valence-electron chi connectivity index (χ3n) is 2.17. The van der Waals surface area contributed by atoms with Gasteiger partial charge in [0.1, 0.15) is 5.78 Å². The molecule has 0 spiro atoms. The molecule has 1 aliphatic carbocycles. The van der Waals surface area contributed by atoms with Crippen LogP contribution in [0.1, 0.15) is 46.5 Å². The van der Waals surface area contributed by atoms with Gasteiger partial charge in [0.05, 0.1) is 0 Å². The molecule has 1 rings (SSSR count). The van der Waals surface area contributed by atoms with Crippen LogP contribution in [0, 0.1) is 5.92 Å². The molecule has 1 saturated carbocycles. The second-order valence-corrected chi connectivity index (χ2v) is 5.24. The molecule has 0 aromatic heterocycles. The minimum absolute atomic E-state index is 0.167. The van der Waals surface area contributed by atoms with Gasteiger partial charge in [-0.15, -0.1) is 0 Å². The second-order valence-electron chi connectivity index (χ2n) is 3.95. The van der Waals surface area contributed by atoms with E-state index < -0.39 is 0 Å². The molecule has 82 valence electrons. The van der Waals surface area contributed by atoms with E-state index in [-0.39, 0.29) is 5.78 Å². The Labute approximate surface area is 96.1 Å². The summed E-state index contributed by atoms with van der Waals surface area (Å²) in [4.78, 5) is 10.2. The van der Waals surface area contributed by atoms with Crippen LogP contribution in [-0.4, -0.2) is 10.6 Å². The fourth-order valence-electron chi connectivity index (χ4n) is 1.54. The molecule has 1 nitrogen and oxygen atoms in total. The number of rotatable bonds is 1. The number of hydrogen-bond donors (Lipinski definition) is 0. The van der Waals surface area contributed by atoms with Crippen molar-refractivity contribution in [3.8, 4) is 0 Å². The lowest BCUT2D eigenvalue weighted by atomic mass is 9.89. The molecule has 0 aliphatic heterocycles. The molecular formula is C12H21BrO. The van der Waals surface area contributed by atoms with Crippen molar-refractivity contribution in [3.63, 3.8) is 0 Å². The first-order chi connectivity index (χ1) is 6.56. The predicted molar refractivity (Wildman–Crippen MR) is 65.8 cm³/mol. The highest BCUT2D eigenvalue weighted by molar-refractivity contribution is 9.09. The summed E-state index contributed by atoms with van der Waals surface area (Å²) < 4.78 is 0. The fraction of sp³-hybridized carbons (Fsp3) is 0.750. The lowest BCUT2D eigenvalue weighted by Crippen LogP contribution is -2.11. The number of allylic oxidation sites excluding steroid dienone is 2. The topological polar surface area (TPSA) is 17.1 Å². The largest absolute Gasteiger partial charge is 0.300 e. The lowest BCUT2D eigenvalue weighted by Gasteiger charge is -2.22. The summed E-state index contributed by atoms with van der Waals surface area (Å²) in [5.74, 6) is 1.04. The number of ketones is 1. The van der Waals surface area contributed by atoms with Gasteiger partial charge in [-0.2, -0.15) is 0 Å². The highest BCUT2D eigenvalue weighted by Crippen LogP contribution is 2.29. The van der Waals surface area contributed by atoms with Crippen molar-refractivity contribution in [2.45, 2.75) is 51.3 Å². The van der Waals surface area contributed by atoms with Crippen LogP contribution in [0.5, 0.6) is 0 Å². The van der Waals surface area contributed by atoms with E-state index in [2.05, 4.69) is 35.0 Å². The molecule has 0 unspecified atom stereocenters. The molecule has 14 heavy (non-hydrogen) atoms. The maximum absolute atomic E-state index is 9.44. The first-order valence-electron chi connectivity index (χ1n) is 5.30. The molecule has 0 atom stereocenters. The van der Waals surface area contributed by atoms with Gasteiger partial charge >= 0.3 is 0 Å². The second kappa shape index (κ2) is 8.22. The Kier molecular flexibility index (Phi) is 8.15. The molecule has 0 aromatic carbocycles. The van der Waals surface area contributed by atoms with Crippen molar-refractivity contribution in [1.82, 2.24) is 0 Å². The summed E-state index contributed by atoms with van der Waals surface area (Å²) in [6.07, 6.45) is 9.99. The molecule has 0 saturated heterocycles. The Morgan fingerprint density at radius 1 is 1.21 bits per heavy atom. The average molecular weight is 261 g/mol. The van der Waals surface area contributed by atoms with E-state index in [1.807, 2.05) is 0 Å². The fourth-order valence-corrected chi connectivity index (χ4v) is 2.07. The van der Waals surface area contributed by atoms with Gasteiger partial charge < -0.3 is 4.79 Å². The van der Waals surface area contributed by atoms with Crippen LogP contribution in [0.2, 0.25) is 0 Å². The lowest BCUT2D eigenvalue weighted by molar-refractivity contribution is -0.114. The van der Waals surface area contributed by atoms with Gasteiger partial charge in [-0.05, 0) is 52.4 Å². The van der Waals surface area contributed by atoms with Crippen LogP contribution in [0.25, 0.3) is 0 Å². The molecule has 1 fully saturated rings. The Morgan fingerprint density at radius 3 is 2.00 bits per heavy atom. The van der Waals surface area contributed by atoms with Crippen LogP contribution in [0.3, 0.4) is 0 Å². The summed E-state index contributed by atoms with van der Waals surface area (Å²) in [5, 5.41) is 0. The smallest absolute Gasteiger partial charge is 0.126 e. The number of carbonyl (C=O) groups is 1. The van der Waals surface area contributed by atoms with E-state index in [9.17, 15) is 4.79 Å². The number of alkyl halides is 1. The molecule has 0 aromatic rings. The van der Waals surface area contributed by atoms with E-state index in [0.717, 1.165) is 10.7 Å². The van der Waals surface area contributed by atoms with Gasteiger partial charge in [0.15, 0.2) is 0 Å². The molecule has 0 radical (unpaired) electrons. The predicted octanol–water partition coefficient (Wildman–Crippen LogP) is 4.11. The molecule has 0 amide bonds. The van der Waals surface area contributed by atoms with Crippen LogP contribution in [0.4, 0.5) is 0 Å². The van der Waals surface area contributed by atoms with E-state index in [1.165, 1.54) is 39.5 Å². The minimum atomic E-state index is 0.167. The van der Waals surface area contributed by atoms with Gasteiger partial charge in [0, 0.05) is 4.83 Å². The molecule has 2 heteroatoms. The zero-order valence-corrected chi connectivity index (χ0v) is 11.0. The molecular weight excluding hydrogens is 240 g/mol. The zero-order valence-electron chi connectivity index (χ0n) is 9.42. The van der Waals surface area contributed by atoms with Crippen molar-refractivity contribution < 1.29 is 4.79 Å². The Hall–Kier alpha value is -0.110. The van der Waals surface area contributed by atoms with Crippen molar-refractivity contribution >= 4 is 21.7 Å². The number of carbonyl (C=O) groups excluding carboxylic acids is 1. The highest BCUT2D eigenvalue weighted by atomic mass is 79.9. The first-order valence-corrected chi connectivity index (χ1v) is 6.22. The van der Waals surface area contributed by atoms with Crippen LogP contribution in [0.15, 0.2) is 12.2 Å². The Morgan fingerprint density at radius 2 is 1.64 bits per heavy atom. The van der Waals surface area contributed by atoms with E-state index in [4.69, 9.17) is 0 Å². The summed E-state index contributed by atoms with van der Waals surface area (Å²) in [6.45, 7) is 5.17. The van der Waals surface area contributed by atoms with E-state index >= 15 is 0 Å². The van der Waals surface area contributed by atoms with Crippen LogP contribution in [-0.2, 0) is 4.79 Å². The molecule has 0 N–H and O–H groups in total. The van der Waals surface area contributed by atoms with Crippen LogP contribution < -0.4 is 0 Å². The van der Waals surface area contributed by atoms with Crippen molar-refractivity contribution in [2.75, 3.05) is 0 Å². The zero-order chi connectivity index (χ0) is 11.0. The van der Waals surface area contributed by atoms with E-state index in [0.29, 0.717) is 0 Å². The third kappa shape index (κ3) is 8.49. The van der Waals surface area contributed by atoms with Gasteiger partial charge in [-0.3, -0.25) is 0 Å². The first kappa shape index (κ1) is 13.9. The monoisotopic (exact) mass is 260 g/mol. The van der Waals surface area contributed by atoms with Crippen molar-refractivity contribution in [2.24, 2.45) is 5.92 Å². The maximum atomic E-state index is 9.44. The van der Waals surface area contributed by atoms with Gasteiger partial charge in [0.2, 0.25) is 0 Å². The molecule has 1 aliphatic rings. The SMILES string of the molecule is C/C=C/C1CCC(Br)CC1.CC(C)=O. The highest BCUT2D eigenvalue weighted by Gasteiger charge is 2.16. The minimum Gasteiger partial charge on any atom is -0.300 e. The van der Waals surface area contributed by atoms with Gasteiger partial charge in [-0.1, -0.05) is 28.1 Å². The molecule has 0 bridgehead atoms. The average Bonchev–Trinajstić information content (AvgIpc) is 2.08. The summed E-state index contributed by atoms with van der Waals surface area (Å²) in [6, 6.07) is 0. The Bertz CT molecular complexity index is 175. The molecule has 0 heterocycles. The quantitative estimate of drug-likeness (QED) is 0.512. The summed E-state index contributed by atoms with van der Waals surface area (Å²) >= 11 is 3.64. The third-order valence-corrected chi connectivity index (χ3v) is 3.08. The number of hydrogen-bond acceptors (Lipinski definition) is 1. The van der Waals surface area contributed by atoms with Crippen molar-refractivity contribution in [3.05, 3.63) is 12.2 Å². The van der Waals surface area contributed by atoms with E-state index in [1.54, 1.807) is 0 Å². The maximum Gasteiger partial charge on any atom is 0.126 e. The Balaban J connectivity index is 0.000000364. The van der Waals surface area contributed by atoms with Crippen molar-refractivity contribution in [1.29, 1.82) is 0 Å². The van der Waals surface area contributed by atoms with Crippen LogP contribution >= 0.6 is 15.9 Å². The summed E-state index contributed by atoms with van der Waals surface area (Å²) in [5.41, 5.74) is 0. The normalized spacial score (nSPS) is 26.9. The summed E-state index contributed by atoms with van der Waals surface area (Å²) in [7, 11) is 0. The number of halogens is 1. The standard InChI is InChI=1S/C9H15Br.C3H6O/c1-2-3-8-4-6-9(10)7-5-8;1-3(2)4/h2-3,8-9H,4-7H2,1H3;1-2H3/b3-2+;.